The molecule has 1 aliphatic rings. The van der Waals surface area contributed by atoms with Gasteiger partial charge in [-0.1, -0.05) is 0 Å². The van der Waals surface area contributed by atoms with Gasteiger partial charge < -0.3 is 19.8 Å². The van der Waals surface area contributed by atoms with Crippen molar-refractivity contribution in [3.63, 3.8) is 0 Å². The number of nitrogens with one attached hydrogen (secondary N) is 2. The minimum absolute atomic E-state index is 0.0778. The highest BCUT2D eigenvalue weighted by atomic mass is 19.1. The van der Waals surface area contributed by atoms with E-state index >= 15 is 0 Å². The summed E-state index contributed by atoms with van der Waals surface area (Å²) in [6.07, 6.45) is 4.94. The van der Waals surface area contributed by atoms with Crippen molar-refractivity contribution < 1.29 is 18.7 Å². The number of methoxy groups -OCH3 is 1. The highest BCUT2D eigenvalue weighted by molar-refractivity contribution is 6.05. The highest BCUT2D eigenvalue weighted by Crippen LogP contribution is 2.28. The van der Waals surface area contributed by atoms with Gasteiger partial charge in [0.05, 0.1) is 36.0 Å². The smallest absolute Gasteiger partial charge is 0.255 e. The van der Waals surface area contributed by atoms with Crippen molar-refractivity contribution in [2.45, 2.75) is 25.0 Å². The van der Waals surface area contributed by atoms with E-state index in [2.05, 4.69) is 25.4 Å². The maximum absolute atomic E-state index is 13.7. The van der Waals surface area contributed by atoms with E-state index in [9.17, 15) is 9.18 Å². The fourth-order valence-corrected chi connectivity index (χ4v) is 4.19. The minimum atomic E-state index is -0.338. The number of rotatable bonds is 6. The number of aromatic nitrogens is 5. The molecule has 0 bridgehead atoms. The molecule has 4 heterocycles. The zero-order chi connectivity index (χ0) is 22.2. The van der Waals surface area contributed by atoms with Crippen molar-refractivity contribution in [3.05, 3.63) is 42.0 Å². The largest absolute Gasteiger partial charge is 0.382 e. The first-order chi connectivity index (χ1) is 15.5. The molecule has 2 unspecified atom stereocenters. The van der Waals surface area contributed by atoms with Crippen molar-refractivity contribution in [1.82, 2.24) is 30.0 Å². The molecule has 9 nitrogen and oxygen atoms in total. The maximum atomic E-state index is 13.7. The lowest BCUT2D eigenvalue weighted by molar-refractivity contribution is 0.0404. The summed E-state index contributed by atoms with van der Waals surface area (Å²) in [7, 11) is 3.34. The average molecular weight is 438 g/mol. The van der Waals surface area contributed by atoms with Gasteiger partial charge in [-0.3, -0.25) is 9.48 Å². The van der Waals surface area contributed by atoms with Gasteiger partial charge in [0.15, 0.2) is 5.65 Å². The van der Waals surface area contributed by atoms with Gasteiger partial charge in [0, 0.05) is 32.3 Å². The topological polar surface area (TPSA) is 107 Å². The molecule has 1 amide bonds. The van der Waals surface area contributed by atoms with Crippen LogP contribution >= 0.6 is 0 Å². The molecule has 10 heteroatoms. The number of hydrogen-bond donors (Lipinski definition) is 2. The summed E-state index contributed by atoms with van der Waals surface area (Å²) in [5.74, 6) is -0.622. The first-order valence-corrected chi connectivity index (χ1v) is 10.4. The zero-order valence-electron chi connectivity index (χ0n) is 17.8. The van der Waals surface area contributed by atoms with Crippen molar-refractivity contribution in [2.75, 3.05) is 20.3 Å². The van der Waals surface area contributed by atoms with Gasteiger partial charge in [0.1, 0.15) is 22.7 Å². The number of carbonyl (C=O) groups excluding carboxylic acids is 1. The van der Waals surface area contributed by atoms with Gasteiger partial charge in [-0.25, -0.2) is 14.4 Å². The Morgan fingerprint density at radius 2 is 2.34 bits per heavy atom. The number of carbonyl (C=O) groups is 1. The molecule has 1 fully saturated rings. The van der Waals surface area contributed by atoms with Crippen molar-refractivity contribution in [1.29, 1.82) is 0 Å². The number of aromatic amines is 1. The molecular formula is C22H23FN6O3. The van der Waals surface area contributed by atoms with Crippen LogP contribution in [0.5, 0.6) is 0 Å². The van der Waals surface area contributed by atoms with Crippen LogP contribution in [-0.2, 0) is 16.5 Å². The summed E-state index contributed by atoms with van der Waals surface area (Å²) in [5.41, 5.74) is 3.01. The first-order valence-electron chi connectivity index (χ1n) is 10.4. The van der Waals surface area contributed by atoms with Crippen LogP contribution in [0.2, 0.25) is 0 Å². The predicted octanol–water partition coefficient (Wildman–Crippen LogP) is 2.57. The van der Waals surface area contributed by atoms with Crippen LogP contribution in [0.1, 0.15) is 23.2 Å². The van der Waals surface area contributed by atoms with Crippen LogP contribution in [0, 0.1) is 5.82 Å². The van der Waals surface area contributed by atoms with Crippen molar-refractivity contribution >= 4 is 28.0 Å². The zero-order valence-corrected chi connectivity index (χ0v) is 17.8. The molecule has 1 aromatic carbocycles. The standard InChI is InChI=1S/C22H23FN6O3/c1-29-17-8-12(23)5-6-13(17)19(28-29)15-10-25-21-20(26-15)14(9-24-21)22(30)27-16(11-31-2)18-4-3-7-32-18/h5-6,8-10,16,18H,3-4,7,11H2,1-2H3,(H,24,25)(H,27,30). The Balaban J connectivity index is 1.50. The number of benzene rings is 1. The normalized spacial score (nSPS) is 17.3. The fourth-order valence-electron chi connectivity index (χ4n) is 4.19. The van der Waals surface area contributed by atoms with Gasteiger partial charge in [0.25, 0.3) is 5.91 Å². The number of hydrogen-bond acceptors (Lipinski definition) is 6. The number of H-pyrrole nitrogens is 1. The molecule has 0 aliphatic carbocycles. The number of nitrogens with zero attached hydrogens (tertiary/aromatic N) is 4. The molecule has 1 aliphatic heterocycles. The Kier molecular flexibility index (Phi) is 5.32. The summed E-state index contributed by atoms with van der Waals surface area (Å²) in [5, 5.41) is 8.26. The third-order valence-electron chi connectivity index (χ3n) is 5.76. The second-order valence-corrected chi connectivity index (χ2v) is 7.88. The quantitative estimate of drug-likeness (QED) is 0.479. The molecule has 3 aromatic heterocycles. The number of amides is 1. The molecule has 5 rings (SSSR count). The Bertz CT molecular complexity index is 1290. The van der Waals surface area contributed by atoms with Gasteiger partial charge in [-0.15, -0.1) is 0 Å². The highest BCUT2D eigenvalue weighted by Gasteiger charge is 2.28. The Labute approximate surface area is 182 Å². The van der Waals surface area contributed by atoms with E-state index in [1.807, 2.05) is 0 Å². The molecule has 32 heavy (non-hydrogen) atoms. The monoisotopic (exact) mass is 438 g/mol. The Morgan fingerprint density at radius 1 is 1.47 bits per heavy atom. The fraction of sp³-hybridized carbons (Fsp3) is 0.364. The molecule has 2 atom stereocenters. The summed E-state index contributed by atoms with van der Waals surface area (Å²) in [6, 6.07) is 4.22. The van der Waals surface area contributed by atoms with Crippen LogP contribution in [0.3, 0.4) is 0 Å². The lowest BCUT2D eigenvalue weighted by atomic mass is 10.1. The summed E-state index contributed by atoms with van der Waals surface area (Å²) < 4.78 is 26.3. The SMILES string of the molecule is COCC(NC(=O)c1c[nH]c2ncc(-c3nn(C)c4cc(F)ccc34)nc12)C1CCCO1. The van der Waals surface area contributed by atoms with Crippen LogP contribution in [-0.4, -0.2) is 63.1 Å². The molecule has 4 aromatic rings. The summed E-state index contributed by atoms with van der Waals surface area (Å²) in [6.45, 7) is 1.04. The number of aryl methyl sites for hydroxylation is 1. The number of ether oxygens (including phenoxy) is 2. The van der Waals surface area contributed by atoms with Crippen LogP contribution < -0.4 is 5.32 Å². The summed E-state index contributed by atoms with van der Waals surface area (Å²) in [4.78, 5) is 25.2. The van der Waals surface area contributed by atoms with Gasteiger partial charge >= 0.3 is 0 Å². The lowest BCUT2D eigenvalue weighted by Crippen LogP contribution is -2.46. The van der Waals surface area contributed by atoms with E-state index in [0.717, 1.165) is 18.2 Å². The molecule has 0 radical (unpaired) electrons. The number of fused-ring (bicyclic) bond motifs is 2. The van der Waals surface area contributed by atoms with Gasteiger partial charge in [-0.2, -0.15) is 5.10 Å². The first kappa shape index (κ1) is 20.5. The van der Waals surface area contributed by atoms with Gasteiger partial charge in [-0.05, 0) is 31.0 Å². The second kappa shape index (κ2) is 8.29. The van der Waals surface area contributed by atoms with E-state index in [-0.39, 0.29) is 23.9 Å². The van der Waals surface area contributed by atoms with E-state index in [4.69, 9.17) is 9.47 Å². The molecule has 0 saturated carbocycles. The lowest BCUT2D eigenvalue weighted by Gasteiger charge is -2.23. The molecule has 166 valence electrons. The van der Waals surface area contributed by atoms with Crippen molar-refractivity contribution in [2.24, 2.45) is 7.05 Å². The van der Waals surface area contributed by atoms with E-state index in [1.54, 1.807) is 37.3 Å². The van der Waals surface area contributed by atoms with Crippen molar-refractivity contribution in [3.8, 4) is 11.4 Å². The van der Waals surface area contributed by atoms with E-state index in [1.165, 1.54) is 12.1 Å². The maximum Gasteiger partial charge on any atom is 0.255 e. The molecule has 0 spiro atoms. The Morgan fingerprint density at radius 3 is 3.12 bits per heavy atom. The van der Waals surface area contributed by atoms with Crippen LogP contribution in [0.4, 0.5) is 4.39 Å². The van der Waals surface area contributed by atoms with Gasteiger partial charge in [0.2, 0.25) is 0 Å². The van der Waals surface area contributed by atoms with E-state index in [0.29, 0.717) is 46.8 Å². The Hall–Kier alpha value is -3.37. The average Bonchev–Trinajstić information content (AvgIpc) is 3.52. The summed E-state index contributed by atoms with van der Waals surface area (Å²) >= 11 is 0. The third-order valence-corrected chi connectivity index (χ3v) is 5.76. The third kappa shape index (κ3) is 3.61. The van der Waals surface area contributed by atoms with E-state index < -0.39 is 0 Å². The van der Waals surface area contributed by atoms with Crippen LogP contribution in [0.25, 0.3) is 33.5 Å². The molecule has 2 N–H and O–H groups in total. The minimum Gasteiger partial charge on any atom is -0.382 e. The second-order valence-electron chi connectivity index (χ2n) is 7.88. The number of halogens is 1. The van der Waals surface area contributed by atoms with Crippen LogP contribution in [0.15, 0.2) is 30.6 Å². The molecule has 1 saturated heterocycles. The molecular weight excluding hydrogens is 415 g/mol. The predicted molar refractivity (Wildman–Crippen MR) is 116 cm³/mol.